The summed E-state index contributed by atoms with van der Waals surface area (Å²) in [6, 6.07) is 9.76. The SMILES string of the molecule is Cc1nnc(-c2ccccc2NCc2ccoc2)o1. The minimum absolute atomic E-state index is 0.521. The van der Waals surface area contributed by atoms with Crippen LogP contribution in [0, 0.1) is 6.92 Å². The fourth-order valence-corrected chi connectivity index (χ4v) is 1.82. The Morgan fingerprint density at radius 2 is 2.05 bits per heavy atom. The first-order valence-corrected chi connectivity index (χ1v) is 5.97. The molecule has 1 aromatic carbocycles. The van der Waals surface area contributed by atoms with Crippen molar-refractivity contribution in [2.24, 2.45) is 0 Å². The lowest BCUT2D eigenvalue weighted by Crippen LogP contribution is -1.99. The number of hydrogen-bond acceptors (Lipinski definition) is 5. The van der Waals surface area contributed by atoms with Gasteiger partial charge in [-0.1, -0.05) is 12.1 Å². The van der Waals surface area contributed by atoms with Crippen LogP contribution in [0.25, 0.3) is 11.5 Å². The van der Waals surface area contributed by atoms with Crippen LogP contribution in [0.3, 0.4) is 0 Å². The Morgan fingerprint density at radius 1 is 1.16 bits per heavy atom. The van der Waals surface area contributed by atoms with Crippen LogP contribution >= 0.6 is 0 Å². The topological polar surface area (TPSA) is 64.1 Å². The van der Waals surface area contributed by atoms with Gasteiger partial charge < -0.3 is 14.2 Å². The van der Waals surface area contributed by atoms with Crippen molar-refractivity contribution in [1.29, 1.82) is 0 Å². The van der Waals surface area contributed by atoms with Crippen molar-refractivity contribution in [3.8, 4) is 11.5 Å². The Kier molecular flexibility index (Phi) is 3.02. The number of furan rings is 1. The summed E-state index contributed by atoms with van der Waals surface area (Å²) in [5.41, 5.74) is 2.93. The van der Waals surface area contributed by atoms with E-state index in [9.17, 15) is 0 Å². The van der Waals surface area contributed by atoms with E-state index >= 15 is 0 Å². The van der Waals surface area contributed by atoms with E-state index in [1.807, 2.05) is 30.3 Å². The standard InChI is InChI=1S/C14H13N3O2/c1-10-16-17-14(19-10)12-4-2-3-5-13(12)15-8-11-6-7-18-9-11/h2-7,9,15H,8H2,1H3. The highest BCUT2D eigenvalue weighted by Gasteiger charge is 2.10. The second-order valence-electron chi connectivity index (χ2n) is 4.16. The van der Waals surface area contributed by atoms with Crippen LogP contribution in [0.5, 0.6) is 0 Å². The Hall–Kier alpha value is -2.56. The molecule has 3 rings (SSSR count). The maximum atomic E-state index is 5.47. The molecule has 1 N–H and O–H groups in total. The minimum Gasteiger partial charge on any atom is -0.472 e. The normalized spacial score (nSPS) is 10.6. The van der Waals surface area contributed by atoms with Gasteiger partial charge in [0.2, 0.25) is 11.8 Å². The van der Waals surface area contributed by atoms with Gasteiger partial charge in [0.05, 0.1) is 18.1 Å². The lowest BCUT2D eigenvalue weighted by Gasteiger charge is -2.08. The van der Waals surface area contributed by atoms with Gasteiger partial charge in [-0.3, -0.25) is 0 Å². The maximum Gasteiger partial charge on any atom is 0.249 e. The highest BCUT2D eigenvalue weighted by molar-refractivity contribution is 5.72. The molecule has 0 fully saturated rings. The van der Waals surface area contributed by atoms with Crippen molar-refractivity contribution in [1.82, 2.24) is 10.2 Å². The van der Waals surface area contributed by atoms with Gasteiger partial charge in [-0.05, 0) is 18.2 Å². The average molecular weight is 255 g/mol. The Balaban J connectivity index is 1.85. The molecule has 0 saturated carbocycles. The van der Waals surface area contributed by atoms with Crippen LogP contribution in [-0.4, -0.2) is 10.2 Å². The van der Waals surface area contributed by atoms with Crippen molar-refractivity contribution >= 4 is 5.69 Å². The van der Waals surface area contributed by atoms with E-state index in [1.165, 1.54) is 0 Å². The number of hydrogen-bond donors (Lipinski definition) is 1. The van der Waals surface area contributed by atoms with E-state index in [4.69, 9.17) is 8.83 Å². The van der Waals surface area contributed by atoms with E-state index in [0.29, 0.717) is 18.3 Å². The van der Waals surface area contributed by atoms with Crippen molar-refractivity contribution in [2.45, 2.75) is 13.5 Å². The molecule has 19 heavy (non-hydrogen) atoms. The summed E-state index contributed by atoms with van der Waals surface area (Å²) in [6.45, 7) is 2.46. The number of para-hydroxylation sites is 1. The van der Waals surface area contributed by atoms with Crippen LogP contribution in [0.4, 0.5) is 5.69 Å². The van der Waals surface area contributed by atoms with Gasteiger partial charge in [-0.25, -0.2) is 0 Å². The highest BCUT2D eigenvalue weighted by atomic mass is 16.4. The average Bonchev–Trinajstić information content (AvgIpc) is 3.08. The third kappa shape index (κ3) is 2.49. The number of aromatic nitrogens is 2. The zero-order valence-corrected chi connectivity index (χ0v) is 10.5. The van der Waals surface area contributed by atoms with Crippen LogP contribution in [0.15, 0.2) is 51.7 Å². The molecule has 2 aromatic heterocycles. The molecule has 0 radical (unpaired) electrons. The predicted octanol–water partition coefficient (Wildman–Crippen LogP) is 3.25. The molecular weight excluding hydrogens is 242 g/mol. The molecule has 0 saturated heterocycles. The molecule has 0 amide bonds. The van der Waals surface area contributed by atoms with Crippen molar-refractivity contribution in [3.63, 3.8) is 0 Å². The Labute approximate surface area is 110 Å². The van der Waals surface area contributed by atoms with Crippen LogP contribution in [0.2, 0.25) is 0 Å². The zero-order chi connectivity index (χ0) is 13.1. The summed E-state index contributed by atoms with van der Waals surface area (Å²) in [4.78, 5) is 0. The third-order valence-corrected chi connectivity index (χ3v) is 2.75. The first-order valence-electron chi connectivity index (χ1n) is 5.97. The maximum absolute atomic E-state index is 5.47. The number of rotatable bonds is 4. The van der Waals surface area contributed by atoms with Crippen molar-refractivity contribution in [3.05, 3.63) is 54.3 Å². The van der Waals surface area contributed by atoms with E-state index in [1.54, 1.807) is 19.5 Å². The van der Waals surface area contributed by atoms with Crippen LogP contribution in [0.1, 0.15) is 11.5 Å². The van der Waals surface area contributed by atoms with E-state index < -0.39 is 0 Å². The zero-order valence-electron chi connectivity index (χ0n) is 10.5. The van der Waals surface area contributed by atoms with E-state index in [2.05, 4.69) is 15.5 Å². The molecule has 0 aliphatic rings. The van der Waals surface area contributed by atoms with Gasteiger partial charge in [-0.15, -0.1) is 10.2 Å². The highest BCUT2D eigenvalue weighted by Crippen LogP contribution is 2.26. The van der Waals surface area contributed by atoms with Gasteiger partial charge in [0.1, 0.15) is 0 Å². The largest absolute Gasteiger partial charge is 0.472 e. The molecule has 0 unspecified atom stereocenters. The van der Waals surface area contributed by atoms with E-state index in [0.717, 1.165) is 16.8 Å². The monoisotopic (exact) mass is 255 g/mol. The summed E-state index contributed by atoms with van der Waals surface area (Å²) >= 11 is 0. The lowest BCUT2D eigenvalue weighted by molar-refractivity contribution is 0.533. The lowest BCUT2D eigenvalue weighted by atomic mass is 10.1. The summed E-state index contributed by atoms with van der Waals surface area (Å²) in [7, 11) is 0. The molecule has 0 atom stereocenters. The second kappa shape index (κ2) is 4.97. The van der Waals surface area contributed by atoms with Gasteiger partial charge in [0.15, 0.2) is 0 Å². The number of nitrogens with one attached hydrogen (secondary N) is 1. The van der Waals surface area contributed by atoms with Crippen LogP contribution in [-0.2, 0) is 6.54 Å². The van der Waals surface area contributed by atoms with Gasteiger partial charge in [0, 0.05) is 24.7 Å². The molecule has 5 nitrogen and oxygen atoms in total. The molecule has 0 aliphatic heterocycles. The van der Waals surface area contributed by atoms with Gasteiger partial charge in [0.25, 0.3) is 0 Å². The molecule has 0 spiro atoms. The van der Waals surface area contributed by atoms with E-state index in [-0.39, 0.29) is 0 Å². The fraction of sp³-hybridized carbons (Fsp3) is 0.143. The van der Waals surface area contributed by atoms with Crippen molar-refractivity contribution < 1.29 is 8.83 Å². The smallest absolute Gasteiger partial charge is 0.249 e. The molecule has 3 aromatic rings. The third-order valence-electron chi connectivity index (χ3n) is 2.75. The number of nitrogens with zero attached hydrogens (tertiary/aromatic N) is 2. The van der Waals surface area contributed by atoms with Crippen LogP contribution < -0.4 is 5.32 Å². The first-order chi connectivity index (χ1) is 9.33. The molecule has 5 heteroatoms. The molecule has 0 aliphatic carbocycles. The van der Waals surface area contributed by atoms with Gasteiger partial charge >= 0.3 is 0 Å². The first kappa shape index (κ1) is 11.5. The molecular formula is C14H13N3O2. The molecule has 96 valence electrons. The van der Waals surface area contributed by atoms with Crippen molar-refractivity contribution in [2.75, 3.05) is 5.32 Å². The Morgan fingerprint density at radius 3 is 2.79 bits per heavy atom. The molecule has 0 bridgehead atoms. The second-order valence-corrected chi connectivity index (χ2v) is 4.16. The quantitative estimate of drug-likeness (QED) is 0.775. The van der Waals surface area contributed by atoms with Gasteiger partial charge in [-0.2, -0.15) is 0 Å². The summed E-state index contributed by atoms with van der Waals surface area (Å²) in [6.07, 6.45) is 3.37. The number of aryl methyl sites for hydroxylation is 1. The summed E-state index contributed by atoms with van der Waals surface area (Å²) in [5, 5.41) is 11.2. The summed E-state index contributed by atoms with van der Waals surface area (Å²) < 4.78 is 10.5. The predicted molar refractivity (Wildman–Crippen MR) is 70.5 cm³/mol. The molecule has 2 heterocycles. The summed E-state index contributed by atoms with van der Waals surface area (Å²) in [5.74, 6) is 1.08. The minimum atomic E-state index is 0.521. The number of anilines is 1. The Bertz CT molecular complexity index is 659. The fourth-order valence-electron chi connectivity index (χ4n) is 1.82. The number of benzene rings is 1.